The Labute approximate surface area is 294 Å². The van der Waals surface area contributed by atoms with E-state index in [2.05, 4.69) is 133 Å². The molecule has 11 heteroatoms. The first-order valence-electron chi connectivity index (χ1n) is 18.1. The first-order valence-corrected chi connectivity index (χ1v) is 30.4. The Morgan fingerprint density at radius 3 is 1.68 bits per heavy atom. The molecule has 47 heavy (non-hydrogen) atoms. The highest BCUT2D eigenvalue weighted by atomic mass is 28.4. The molecule has 0 amide bonds. The van der Waals surface area contributed by atoms with E-state index in [0.717, 1.165) is 12.8 Å². The van der Waals surface area contributed by atoms with E-state index in [1.807, 2.05) is 6.92 Å². The van der Waals surface area contributed by atoms with Gasteiger partial charge in [-0.3, -0.25) is 4.79 Å². The molecule has 0 bridgehead atoms. The predicted octanol–water partition coefficient (Wildman–Crippen LogP) is 9.86. The van der Waals surface area contributed by atoms with Crippen LogP contribution in [0.2, 0.25) is 74.0 Å². The van der Waals surface area contributed by atoms with Crippen molar-refractivity contribution in [2.75, 3.05) is 6.61 Å². The van der Waals surface area contributed by atoms with Gasteiger partial charge in [0.2, 0.25) is 0 Å². The summed E-state index contributed by atoms with van der Waals surface area (Å²) in [5.41, 5.74) is 2.40. The van der Waals surface area contributed by atoms with Crippen molar-refractivity contribution < 1.29 is 32.3 Å². The minimum absolute atomic E-state index is 0.0222. The molecule has 0 aromatic carbocycles. The lowest BCUT2D eigenvalue weighted by Crippen LogP contribution is -2.69. The van der Waals surface area contributed by atoms with Crippen molar-refractivity contribution in [2.24, 2.45) is 0 Å². The van der Waals surface area contributed by atoms with E-state index in [-0.39, 0.29) is 64.1 Å². The van der Waals surface area contributed by atoms with Gasteiger partial charge in [0, 0.05) is 0 Å². The highest BCUT2D eigenvalue weighted by Gasteiger charge is 2.57. The first-order chi connectivity index (χ1) is 20.9. The number of ether oxygens (including phenoxy) is 3. The Kier molecular flexibility index (Phi) is 14.0. The molecular formula is C36H74O7Si4. The van der Waals surface area contributed by atoms with E-state index in [0.29, 0.717) is 6.61 Å². The molecule has 2 rings (SSSR count). The summed E-state index contributed by atoms with van der Waals surface area (Å²) in [7, 11) is -8.47. The Balaban J connectivity index is 2.81. The van der Waals surface area contributed by atoms with Crippen LogP contribution in [0.25, 0.3) is 0 Å². The van der Waals surface area contributed by atoms with Gasteiger partial charge in [0.05, 0.1) is 39.4 Å². The minimum atomic E-state index is -2.34. The van der Waals surface area contributed by atoms with E-state index >= 15 is 0 Å². The summed E-state index contributed by atoms with van der Waals surface area (Å²) in [4.78, 5) is 12.6. The molecule has 2 saturated heterocycles. The van der Waals surface area contributed by atoms with Crippen LogP contribution in [0.1, 0.15) is 88.5 Å². The fraction of sp³-hybridized carbons (Fsp3) is 0.917. The van der Waals surface area contributed by atoms with Crippen molar-refractivity contribution >= 4 is 39.0 Å². The maximum atomic E-state index is 12.6. The normalized spacial score (nSPS) is 27.9. The fourth-order valence-corrected chi connectivity index (χ4v) is 9.84. The Bertz CT molecular complexity index is 1060. The molecule has 276 valence electrons. The highest BCUT2D eigenvalue weighted by Crippen LogP contribution is 2.47. The monoisotopic (exact) mass is 730 g/mol. The second-order valence-corrected chi connectivity index (χ2v) is 39.0. The molecule has 2 heterocycles. The molecule has 0 aromatic heterocycles. The third kappa shape index (κ3) is 11.4. The van der Waals surface area contributed by atoms with Crippen molar-refractivity contribution in [1.29, 1.82) is 0 Å². The van der Waals surface area contributed by atoms with E-state index < -0.39 is 39.1 Å². The van der Waals surface area contributed by atoms with Gasteiger partial charge < -0.3 is 27.5 Å². The van der Waals surface area contributed by atoms with Crippen molar-refractivity contribution in [2.45, 2.75) is 205 Å². The number of rotatable bonds is 12. The second kappa shape index (κ2) is 15.2. The lowest BCUT2D eigenvalue weighted by atomic mass is 9.87. The van der Waals surface area contributed by atoms with E-state index in [1.165, 1.54) is 0 Å². The van der Waals surface area contributed by atoms with Crippen LogP contribution in [0.15, 0.2) is 11.8 Å². The molecule has 0 spiro atoms. The molecule has 2 aliphatic heterocycles. The molecule has 2 aliphatic rings. The topological polar surface area (TPSA) is 72.5 Å². The lowest BCUT2D eigenvalue weighted by molar-refractivity contribution is -0.267. The number of carbonyl (C=O) groups is 1. The van der Waals surface area contributed by atoms with Gasteiger partial charge in [-0.25, -0.2) is 0 Å². The highest BCUT2D eigenvalue weighted by molar-refractivity contribution is 6.81. The largest absolute Gasteiger partial charge is 0.466 e. The third-order valence-electron chi connectivity index (χ3n) is 11.3. The molecular weight excluding hydrogens is 657 g/mol. The number of fused-ring (bicyclic) bond motifs is 1. The lowest BCUT2D eigenvalue weighted by Gasteiger charge is -2.56. The van der Waals surface area contributed by atoms with Crippen LogP contribution in [0.5, 0.6) is 0 Å². The van der Waals surface area contributed by atoms with Crippen LogP contribution in [-0.4, -0.2) is 88.3 Å². The van der Waals surface area contributed by atoms with E-state index in [9.17, 15) is 4.79 Å². The van der Waals surface area contributed by atoms with Gasteiger partial charge in [-0.2, -0.15) is 0 Å². The van der Waals surface area contributed by atoms with Crippen LogP contribution in [0.3, 0.4) is 0 Å². The Morgan fingerprint density at radius 1 is 0.745 bits per heavy atom. The molecule has 2 fully saturated rings. The number of esters is 1. The molecule has 7 atom stereocenters. The zero-order valence-electron chi connectivity index (χ0n) is 33.9. The van der Waals surface area contributed by atoms with Gasteiger partial charge in [-0.1, -0.05) is 93.7 Å². The molecule has 7 nitrogen and oxygen atoms in total. The molecule has 0 radical (unpaired) electrons. The number of hydrogen-bond acceptors (Lipinski definition) is 7. The van der Waals surface area contributed by atoms with Gasteiger partial charge in [0.15, 0.2) is 25.0 Å². The molecule has 0 aromatic rings. The summed E-state index contributed by atoms with van der Waals surface area (Å²) in [6, 6.07) is 0. The van der Waals surface area contributed by atoms with Crippen molar-refractivity contribution in [3.8, 4) is 0 Å². The Morgan fingerprint density at radius 2 is 1.23 bits per heavy atom. The maximum absolute atomic E-state index is 12.6. The second-order valence-electron chi connectivity index (χ2n) is 19.7. The molecule has 3 unspecified atom stereocenters. The van der Waals surface area contributed by atoms with Crippen LogP contribution in [0, 0.1) is 0 Å². The summed E-state index contributed by atoms with van der Waals surface area (Å²) in [6.07, 6.45) is 1.79. The standard InChI is InChI=1S/C36H74O7Si4/c1-20-38-29(37)25-26-21-22-27-30(39-26)32(42-46(16,17)35(5,6)7)33(43-47(18,19)36(8,9)10)31(40-27)28(23-24-44(11,12)13)41-45(14,15)34(2,3)4/h23-24,26-28,30-33H,20-22,25H2,1-19H3/b24-23+/t26-,27+,28?,30+,31+,32?,33?/m1/s1. The summed E-state index contributed by atoms with van der Waals surface area (Å²) < 4.78 is 41.7. The average molecular weight is 731 g/mol. The Hall–Kier alpha value is -0.122. The van der Waals surface area contributed by atoms with Crippen molar-refractivity contribution in [3.63, 3.8) is 0 Å². The number of hydrogen-bond donors (Lipinski definition) is 0. The fourth-order valence-electron chi connectivity index (χ4n) is 5.22. The first kappa shape index (κ1) is 43.0. The molecule has 0 aliphatic carbocycles. The number of carbonyl (C=O) groups excluding carboxylic acids is 1. The zero-order valence-corrected chi connectivity index (χ0v) is 37.9. The van der Waals surface area contributed by atoms with Crippen molar-refractivity contribution in [3.05, 3.63) is 11.8 Å². The maximum Gasteiger partial charge on any atom is 0.308 e. The van der Waals surface area contributed by atoms with E-state index in [1.54, 1.807) is 0 Å². The minimum Gasteiger partial charge on any atom is -0.466 e. The van der Waals surface area contributed by atoms with Gasteiger partial charge in [-0.05, 0) is 74.2 Å². The van der Waals surface area contributed by atoms with Crippen LogP contribution < -0.4 is 0 Å². The van der Waals surface area contributed by atoms with Crippen molar-refractivity contribution in [1.82, 2.24) is 0 Å². The summed E-state index contributed by atoms with van der Waals surface area (Å²) in [5, 5.41) is -0.0259. The average Bonchev–Trinajstić information content (AvgIpc) is 2.85. The van der Waals surface area contributed by atoms with Gasteiger partial charge >= 0.3 is 5.97 Å². The van der Waals surface area contributed by atoms with Crippen LogP contribution >= 0.6 is 0 Å². The molecule has 0 saturated carbocycles. The summed E-state index contributed by atoms with van der Waals surface area (Å²) in [5.74, 6) is -0.221. The van der Waals surface area contributed by atoms with E-state index in [4.69, 9.17) is 27.5 Å². The van der Waals surface area contributed by atoms with Crippen LogP contribution in [-0.2, 0) is 32.3 Å². The zero-order chi connectivity index (χ0) is 36.6. The van der Waals surface area contributed by atoms with Crippen LogP contribution in [0.4, 0.5) is 0 Å². The van der Waals surface area contributed by atoms with Gasteiger partial charge in [0.1, 0.15) is 24.4 Å². The third-order valence-corrected chi connectivity index (χ3v) is 25.9. The molecule has 0 N–H and O–H groups in total. The smallest absolute Gasteiger partial charge is 0.308 e. The van der Waals surface area contributed by atoms with Gasteiger partial charge in [-0.15, -0.1) is 0 Å². The predicted molar refractivity (Wildman–Crippen MR) is 207 cm³/mol. The summed E-state index contributed by atoms with van der Waals surface area (Å²) >= 11 is 0. The van der Waals surface area contributed by atoms with Gasteiger partial charge in [0.25, 0.3) is 0 Å². The quantitative estimate of drug-likeness (QED) is 0.146. The summed E-state index contributed by atoms with van der Waals surface area (Å²) in [6.45, 7) is 43.7. The SMILES string of the molecule is CCOC(=O)C[C@H]1CC[C@@H]2O[C@@H](C(/C=C/[Si](C)(C)C)O[Si](C)(C)C(C)(C)C)C(O[Si](C)(C)C(C)(C)C)C(O[Si](C)(C)C(C)(C)C)[C@H]2O1.